The second-order valence-corrected chi connectivity index (χ2v) is 8.66. The number of amides is 1. The van der Waals surface area contributed by atoms with Crippen LogP contribution in [0.2, 0.25) is 0 Å². The Balaban J connectivity index is 1.87. The summed E-state index contributed by atoms with van der Waals surface area (Å²) >= 11 is 0. The molecule has 34 heavy (non-hydrogen) atoms. The predicted molar refractivity (Wildman–Crippen MR) is 130 cm³/mol. The fourth-order valence-electron chi connectivity index (χ4n) is 4.07. The van der Waals surface area contributed by atoms with E-state index in [0.29, 0.717) is 42.1 Å². The predicted octanol–water partition coefficient (Wildman–Crippen LogP) is 3.61. The van der Waals surface area contributed by atoms with E-state index in [1.54, 1.807) is 25.2 Å². The molecule has 0 spiro atoms. The van der Waals surface area contributed by atoms with Crippen LogP contribution >= 0.6 is 0 Å². The number of fused-ring (bicyclic) bond motifs is 1. The summed E-state index contributed by atoms with van der Waals surface area (Å²) in [5.41, 5.74) is 0.300. The second kappa shape index (κ2) is 11.8. The Morgan fingerprint density at radius 1 is 1.06 bits per heavy atom. The van der Waals surface area contributed by atoms with Gasteiger partial charge in [0.15, 0.2) is 11.2 Å². The second-order valence-electron chi connectivity index (χ2n) is 8.66. The Bertz CT molecular complexity index is 1240. The van der Waals surface area contributed by atoms with E-state index in [0.717, 1.165) is 32.1 Å². The number of aromatic nitrogens is 4. The Morgan fingerprint density at radius 3 is 2.47 bits per heavy atom. The number of hydrogen-bond donors (Lipinski definition) is 1. The molecule has 0 aliphatic carbocycles. The number of imidazole rings is 1. The standard InChI is InChI=1S/C25H34FN5O3/c1-4-6-10-16-30-20(13-14-21(32)29(3)17-18-11-8-9-12-19(18)26)27-23-22(30)24(33)28-25(34)31(23)15-7-5-2/h8-9,11-12H,4-7,10,13-17H2,1-3H3,(H,28,33,34). The summed E-state index contributed by atoms with van der Waals surface area (Å²) in [4.78, 5) is 46.6. The minimum Gasteiger partial charge on any atom is -0.341 e. The van der Waals surface area contributed by atoms with Crippen molar-refractivity contribution in [3.05, 3.63) is 62.3 Å². The number of H-pyrrole nitrogens is 1. The van der Waals surface area contributed by atoms with E-state index in [2.05, 4.69) is 16.9 Å². The number of benzene rings is 1. The van der Waals surface area contributed by atoms with E-state index < -0.39 is 11.2 Å². The number of halogens is 1. The maximum Gasteiger partial charge on any atom is 0.330 e. The highest BCUT2D eigenvalue weighted by Gasteiger charge is 2.20. The summed E-state index contributed by atoms with van der Waals surface area (Å²) in [5, 5.41) is 0. The molecule has 2 aromatic heterocycles. The number of nitrogens with zero attached hydrogens (tertiary/aromatic N) is 4. The van der Waals surface area contributed by atoms with E-state index in [1.165, 1.54) is 15.5 Å². The van der Waals surface area contributed by atoms with Crippen molar-refractivity contribution in [2.45, 2.75) is 78.4 Å². The highest BCUT2D eigenvalue weighted by molar-refractivity contribution is 5.76. The van der Waals surface area contributed by atoms with Crippen molar-refractivity contribution >= 4 is 17.1 Å². The van der Waals surface area contributed by atoms with Crippen molar-refractivity contribution < 1.29 is 9.18 Å². The van der Waals surface area contributed by atoms with E-state index in [9.17, 15) is 18.8 Å². The average molecular weight is 472 g/mol. The van der Waals surface area contributed by atoms with E-state index in [1.807, 2.05) is 11.5 Å². The number of aromatic amines is 1. The summed E-state index contributed by atoms with van der Waals surface area (Å²) in [5.74, 6) is 0.122. The van der Waals surface area contributed by atoms with Gasteiger partial charge in [0.25, 0.3) is 5.56 Å². The van der Waals surface area contributed by atoms with Crippen molar-refractivity contribution in [1.82, 2.24) is 24.0 Å². The number of nitrogens with one attached hydrogen (secondary N) is 1. The first-order chi connectivity index (χ1) is 16.4. The van der Waals surface area contributed by atoms with Crippen molar-refractivity contribution in [3.63, 3.8) is 0 Å². The molecule has 3 aromatic rings. The average Bonchev–Trinajstić information content (AvgIpc) is 3.17. The molecular formula is C25H34FN5O3. The third-order valence-electron chi connectivity index (χ3n) is 6.04. The van der Waals surface area contributed by atoms with Crippen LogP contribution in [0.1, 0.15) is 63.8 Å². The first-order valence-electron chi connectivity index (χ1n) is 12.1. The van der Waals surface area contributed by atoms with Crippen molar-refractivity contribution in [2.24, 2.45) is 0 Å². The van der Waals surface area contributed by atoms with Crippen molar-refractivity contribution in [2.75, 3.05) is 7.05 Å². The zero-order chi connectivity index (χ0) is 24.7. The van der Waals surface area contributed by atoms with Crippen LogP contribution in [0, 0.1) is 5.82 Å². The lowest BCUT2D eigenvalue weighted by Crippen LogP contribution is -2.31. The first kappa shape index (κ1) is 25.4. The van der Waals surface area contributed by atoms with Gasteiger partial charge in [-0.25, -0.2) is 14.2 Å². The van der Waals surface area contributed by atoms with Gasteiger partial charge in [0.1, 0.15) is 11.6 Å². The van der Waals surface area contributed by atoms with Crippen LogP contribution in [0.3, 0.4) is 0 Å². The Morgan fingerprint density at radius 2 is 1.76 bits per heavy atom. The smallest absolute Gasteiger partial charge is 0.330 e. The number of carbonyl (C=O) groups excluding carboxylic acids is 1. The summed E-state index contributed by atoms with van der Waals surface area (Å²) in [6, 6.07) is 6.40. The van der Waals surface area contributed by atoms with Crippen LogP contribution in [0.4, 0.5) is 4.39 Å². The molecule has 0 saturated heterocycles. The lowest BCUT2D eigenvalue weighted by molar-refractivity contribution is -0.130. The zero-order valence-corrected chi connectivity index (χ0v) is 20.3. The summed E-state index contributed by atoms with van der Waals surface area (Å²) in [6.45, 7) is 5.37. The first-order valence-corrected chi connectivity index (χ1v) is 12.1. The molecule has 2 heterocycles. The van der Waals surface area contributed by atoms with Crippen LogP contribution in [0.15, 0.2) is 33.9 Å². The quantitative estimate of drug-likeness (QED) is 0.409. The summed E-state index contributed by atoms with van der Waals surface area (Å²) < 4.78 is 17.3. The molecule has 0 atom stereocenters. The van der Waals surface area contributed by atoms with Crippen LogP contribution < -0.4 is 11.2 Å². The van der Waals surface area contributed by atoms with Gasteiger partial charge < -0.3 is 9.47 Å². The molecule has 1 N–H and O–H groups in total. The molecule has 0 aliphatic rings. The van der Waals surface area contributed by atoms with Gasteiger partial charge >= 0.3 is 5.69 Å². The number of aryl methyl sites for hydroxylation is 3. The summed E-state index contributed by atoms with van der Waals surface area (Å²) in [6.07, 6.45) is 5.07. The zero-order valence-electron chi connectivity index (χ0n) is 20.3. The van der Waals surface area contributed by atoms with Crippen molar-refractivity contribution in [1.29, 1.82) is 0 Å². The largest absolute Gasteiger partial charge is 0.341 e. The lowest BCUT2D eigenvalue weighted by atomic mass is 10.2. The molecule has 3 rings (SSSR count). The van der Waals surface area contributed by atoms with Crippen LogP contribution in [0.25, 0.3) is 11.2 Å². The molecule has 0 aliphatic heterocycles. The molecule has 9 heteroatoms. The minimum atomic E-state index is -0.462. The SMILES string of the molecule is CCCCCn1c(CCC(=O)N(C)Cc2ccccc2F)nc2c1c(=O)[nH]c(=O)n2CCCC. The summed E-state index contributed by atoms with van der Waals surface area (Å²) in [7, 11) is 1.64. The molecule has 0 fully saturated rings. The molecule has 1 aromatic carbocycles. The van der Waals surface area contributed by atoms with Gasteiger partial charge in [-0.3, -0.25) is 19.1 Å². The van der Waals surface area contributed by atoms with Gasteiger partial charge in [0.05, 0.1) is 0 Å². The number of unbranched alkanes of at least 4 members (excludes halogenated alkanes) is 3. The van der Waals surface area contributed by atoms with Crippen LogP contribution in [-0.4, -0.2) is 37.0 Å². The highest BCUT2D eigenvalue weighted by Crippen LogP contribution is 2.16. The maximum atomic E-state index is 14.0. The Labute approximate surface area is 198 Å². The topological polar surface area (TPSA) is 93.0 Å². The fraction of sp³-hybridized carbons (Fsp3) is 0.520. The lowest BCUT2D eigenvalue weighted by Gasteiger charge is -2.18. The number of rotatable bonds is 12. The third-order valence-corrected chi connectivity index (χ3v) is 6.04. The van der Waals surface area contributed by atoms with E-state index in [-0.39, 0.29) is 24.7 Å². The minimum absolute atomic E-state index is 0.146. The molecule has 0 radical (unpaired) electrons. The number of carbonyl (C=O) groups is 1. The van der Waals surface area contributed by atoms with E-state index in [4.69, 9.17) is 0 Å². The molecule has 0 bridgehead atoms. The molecule has 0 saturated carbocycles. The molecule has 8 nitrogen and oxygen atoms in total. The van der Waals surface area contributed by atoms with Gasteiger partial charge in [-0.1, -0.05) is 51.3 Å². The normalized spacial score (nSPS) is 11.3. The van der Waals surface area contributed by atoms with Crippen LogP contribution in [0.5, 0.6) is 0 Å². The van der Waals surface area contributed by atoms with Gasteiger partial charge in [-0.2, -0.15) is 0 Å². The van der Waals surface area contributed by atoms with Gasteiger partial charge in [0.2, 0.25) is 5.91 Å². The monoisotopic (exact) mass is 471 g/mol. The maximum absolute atomic E-state index is 14.0. The number of hydrogen-bond acceptors (Lipinski definition) is 4. The fourth-order valence-corrected chi connectivity index (χ4v) is 4.07. The highest BCUT2D eigenvalue weighted by atomic mass is 19.1. The molecule has 1 amide bonds. The van der Waals surface area contributed by atoms with Gasteiger partial charge in [-0.15, -0.1) is 0 Å². The molecular weight excluding hydrogens is 437 g/mol. The Hall–Kier alpha value is -3.23. The van der Waals surface area contributed by atoms with Gasteiger partial charge in [0, 0.05) is 45.1 Å². The molecule has 184 valence electrons. The van der Waals surface area contributed by atoms with Crippen molar-refractivity contribution in [3.8, 4) is 0 Å². The molecule has 0 unspecified atom stereocenters. The third kappa shape index (κ3) is 5.81. The Kier molecular flexibility index (Phi) is 8.79. The van der Waals surface area contributed by atoms with Crippen LogP contribution in [-0.2, 0) is 30.8 Å². The van der Waals surface area contributed by atoms with Gasteiger partial charge in [-0.05, 0) is 18.9 Å². The van der Waals surface area contributed by atoms with E-state index >= 15 is 0 Å².